The zero-order chi connectivity index (χ0) is 33.7. The van der Waals surface area contributed by atoms with Crippen LogP contribution in [0.2, 0.25) is 0 Å². The fourth-order valence-corrected chi connectivity index (χ4v) is 9.44. The molecule has 0 radical (unpaired) electrons. The number of aryl methyl sites for hydroxylation is 1. The number of aromatic nitrogens is 3. The monoisotopic (exact) mass is 642 g/mol. The molecule has 0 atom stereocenters. The molecule has 4 aliphatic rings. The highest BCUT2D eigenvalue weighted by Crippen LogP contribution is 2.44. The van der Waals surface area contributed by atoms with Gasteiger partial charge in [-0.2, -0.15) is 25.1 Å². The van der Waals surface area contributed by atoms with Crippen LogP contribution in [-0.2, 0) is 9.68 Å². The first-order valence-electron chi connectivity index (χ1n) is 18.5. The first-order chi connectivity index (χ1) is 21.4. The van der Waals surface area contributed by atoms with Crippen LogP contribution in [0.4, 0.5) is 11.9 Å². The standard InChI is InChI=1S/C37H67N7O2/c1-26-18-20-31(21-19-26)46-44-36(7,8)24-29(25-37(44,9)10)42(12)33-39-27(2)38-32(40-33)41(11)28-22-34(3,4)43(35(5,6)23-28)45-30-16-14-13-15-17-30/h26,28-31H,13-25H2,1-12H3. The molecule has 0 spiro atoms. The van der Waals surface area contributed by atoms with E-state index in [1.54, 1.807) is 0 Å². The number of hydrogen-bond acceptors (Lipinski definition) is 9. The second-order valence-corrected chi connectivity index (χ2v) is 18.0. The molecule has 2 saturated carbocycles. The molecule has 1 aromatic heterocycles. The lowest BCUT2D eigenvalue weighted by molar-refractivity contribution is -0.310. The molecule has 0 aromatic carbocycles. The Morgan fingerprint density at radius 2 is 0.935 bits per heavy atom. The Kier molecular flexibility index (Phi) is 10.4. The Labute approximate surface area is 281 Å². The van der Waals surface area contributed by atoms with Gasteiger partial charge < -0.3 is 9.80 Å². The first kappa shape index (κ1) is 35.7. The van der Waals surface area contributed by atoms with Gasteiger partial charge in [0, 0.05) is 48.3 Å². The van der Waals surface area contributed by atoms with Crippen LogP contribution in [-0.4, -0.2) is 85.6 Å². The van der Waals surface area contributed by atoms with Gasteiger partial charge in [0.05, 0.1) is 12.2 Å². The summed E-state index contributed by atoms with van der Waals surface area (Å²) in [6.45, 7) is 23.1. The topological polar surface area (TPSA) is 70.1 Å². The van der Waals surface area contributed by atoms with Crippen LogP contribution in [0.3, 0.4) is 0 Å². The van der Waals surface area contributed by atoms with Crippen molar-refractivity contribution in [2.45, 2.75) is 199 Å². The van der Waals surface area contributed by atoms with Crippen LogP contribution in [0, 0.1) is 12.8 Å². The average Bonchev–Trinajstić information content (AvgIpc) is 2.96. The van der Waals surface area contributed by atoms with Crippen LogP contribution in [0.15, 0.2) is 0 Å². The molecule has 5 rings (SSSR count). The van der Waals surface area contributed by atoms with E-state index in [1.807, 2.05) is 6.92 Å². The average molecular weight is 642 g/mol. The van der Waals surface area contributed by atoms with Crippen LogP contribution < -0.4 is 9.80 Å². The zero-order valence-electron chi connectivity index (χ0n) is 31.5. The third-order valence-corrected chi connectivity index (χ3v) is 11.6. The Morgan fingerprint density at radius 1 is 0.565 bits per heavy atom. The number of nitrogens with zero attached hydrogens (tertiary/aromatic N) is 7. The van der Waals surface area contributed by atoms with E-state index in [2.05, 4.69) is 96.3 Å². The predicted molar refractivity (Wildman–Crippen MR) is 188 cm³/mol. The summed E-state index contributed by atoms with van der Waals surface area (Å²) < 4.78 is 0. The van der Waals surface area contributed by atoms with Crippen molar-refractivity contribution in [3.63, 3.8) is 0 Å². The van der Waals surface area contributed by atoms with Crippen molar-refractivity contribution in [2.75, 3.05) is 23.9 Å². The Morgan fingerprint density at radius 3 is 1.33 bits per heavy atom. The van der Waals surface area contributed by atoms with E-state index in [0.717, 1.165) is 62.2 Å². The van der Waals surface area contributed by atoms with Crippen molar-refractivity contribution in [3.8, 4) is 0 Å². The summed E-state index contributed by atoms with van der Waals surface area (Å²) in [5.41, 5.74) is -0.446. The molecule has 9 heteroatoms. The van der Waals surface area contributed by atoms with Gasteiger partial charge in [0.25, 0.3) is 0 Å². The lowest BCUT2D eigenvalue weighted by atomic mass is 9.78. The minimum Gasteiger partial charge on any atom is -0.341 e. The van der Waals surface area contributed by atoms with Crippen molar-refractivity contribution in [1.29, 1.82) is 0 Å². The lowest BCUT2D eigenvalue weighted by Gasteiger charge is -2.56. The van der Waals surface area contributed by atoms with Crippen molar-refractivity contribution in [3.05, 3.63) is 5.82 Å². The van der Waals surface area contributed by atoms with Crippen molar-refractivity contribution in [2.24, 2.45) is 5.92 Å². The molecule has 9 nitrogen and oxygen atoms in total. The molecule has 2 aliphatic heterocycles. The molecular formula is C37H67N7O2. The molecule has 1 aromatic rings. The van der Waals surface area contributed by atoms with Gasteiger partial charge in [0.15, 0.2) is 0 Å². The number of piperidine rings is 2. The molecule has 2 aliphatic carbocycles. The van der Waals surface area contributed by atoms with Gasteiger partial charge in [-0.1, -0.05) is 26.2 Å². The van der Waals surface area contributed by atoms with E-state index in [0.29, 0.717) is 12.2 Å². The normalized spacial score (nSPS) is 29.5. The maximum absolute atomic E-state index is 6.82. The molecule has 0 N–H and O–H groups in total. The quantitative estimate of drug-likeness (QED) is 0.282. The van der Waals surface area contributed by atoms with Gasteiger partial charge in [0.1, 0.15) is 5.82 Å². The summed E-state index contributed by atoms with van der Waals surface area (Å²) >= 11 is 0. The number of hydroxylamine groups is 4. The minimum atomic E-state index is -0.115. The molecular weight excluding hydrogens is 574 g/mol. The first-order valence-corrected chi connectivity index (χ1v) is 18.5. The lowest BCUT2D eigenvalue weighted by Crippen LogP contribution is -2.65. The SMILES string of the molecule is Cc1nc(N(C)C2CC(C)(C)N(OC3CCCCC3)C(C)(C)C2)nc(N(C)C2CC(C)(C)N(OC3CCC(C)CC3)C(C)(C)C2)n1. The number of rotatable bonds is 8. The second-order valence-electron chi connectivity index (χ2n) is 18.0. The maximum Gasteiger partial charge on any atom is 0.230 e. The van der Waals surface area contributed by atoms with Gasteiger partial charge in [-0.3, -0.25) is 9.68 Å². The van der Waals surface area contributed by atoms with E-state index in [1.165, 1.54) is 44.9 Å². The maximum atomic E-state index is 6.82. The van der Waals surface area contributed by atoms with Crippen LogP contribution in [0.5, 0.6) is 0 Å². The minimum absolute atomic E-state index is 0.108. The van der Waals surface area contributed by atoms with E-state index in [9.17, 15) is 0 Å². The fourth-order valence-electron chi connectivity index (χ4n) is 9.44. The van der Waals surface area contributed by atoms with Gasteiger partial charge in [0.2, 0.25) is 11.9 Å². The highest BCUT2D eigenvalue weighted by molar-refractivity contribution is 5.40. The zero-order valence-corrected chi connectivity index (χ0v) is 31.5. The van der Waals surface area contributed by atoms with Gasteiger partial charge in [-0.15, -0.1) is 0 Å². The fraction of sp³-hybridized carbons (Fsp3) is 0.919. The smallest absolute Gasteiger partial charge is 0.230 e. The molecule has 0 unspecified atom stereocenters. The van der Waals surface area contributed by atoms with E-state index in [-0.39, 0.29) is 34.2 Å². The highest BCUT2D eigenvalue weighted by Gasteiger charge is 2.50. The van der Waals surface area contributed by atoms with E-state index >= 15 is 0 Å². The van der Waals surface area contributed by atoms with Gasteiger partial charge in [-0.05, 0) is 132 Å². The van der Waals surface area contributed by atoms with Gasteiger partial charge in [-0.25, -0.2) is 0 Å². The van der Waals surface area contributed by atoms with Crippen LogP contribution >= 0.6 is 0 Å². The molecule has 3 heterocycles. The molecule has 2 saturated heterocycles. The Balaban J connectivity index is 1.29. The van der Waals surface area contributed by atoms with E-state index < -0.39 is 0 Å². The van der Waals surface area contributed by atoms with Gasteiger partial charge >= 0.3 is 0 Å². The number of anilines is 2. The summed E-state index contributed by atoms with van der Waals surface area (Å²) in [7, 11) is 4.34. The third kappa shape index (κ3) is 7.84. The summed E-state index contributed by atoms with van der Waals surface area (Å²) in [6.07, 6.45) is 15.7. The Hall–Kier alpha value is -1.55. The molecule has 46 heavy (non-hydrogen) atoms. The van der Waals surface area contributed by atoms with Crippen molar-refractivity contribution >= 4 is 11.9 Å². The molecule has 0 amide bonds. The molecule has 4 fully saturated rings. The number of hydrogen-bond donors (Lipinski definition) is 0. The Bertz CT molecular complexity index is 1140. The van der Waals surface area contributed by atoms with Crippen molar-refractivity contribution < 1.29 is 9.68 Å². The van der Waals surface area contributed by atoms with Crippen molar-refractivity contribution in [1.82, 2.24) is 25.1 Å². The summed E-state index contributed by atoms with van der Waals surface area (Å²) in [6, 6.07) is 0.575. The highest BCUT2D eigenvalue weighted by atomic mass is 16.7. The van der Waals surface area contributed by atoms with Crippen LogP contribution in [0.25, 0.3) is 0 Å². The third-order valence-electron chi connectivity index (χ3n) is 11.6. The molecule has 262 valence electrons. The summed E-state index contributed by atoms with van der Waals surface area (Å²) in [4.78, 5) is 33.1. The molecule has 0 bridgehead atoms. The van der Waals surface area contributed by atoms with Crippen LogP contribution in [0.1, 0.15) is 152 Å². The summed E-state index contributed by atoms with van der Waals surface area (Å²) in [5, 5.41) is 4.68. The largest absolute Gasteiger partial charge is 0.341 e. The second kappa shape index (κ2) is 13.4. The van der Waals surface area contributed by atoms with E-state index in [4.69, 9.17) is 24.6 Å². The predicted octanol–water partition coefficient (Wildman–Crippen LogP) is 7.87. The summed E-state index contributed by atoms with van der Waals surface area (Å²) in [5.74, 6) is 3.11.